The summed E-state index contributed by atoms with van der Waals surface area (Å²) in [5.74, 6) is 3.04. The van der Waals surface area contributed by atoms with Crippen LogP contribution >= 0.6 is 11.8 Å². The number of nitrogens with zero attached hydrogens (tertiary/aromatic N) is 2. The molecule has 0 radical (unpaired) electrons. The Hall–Kier alpha value is -0.740. The van der Waals surface area contributed by atoms with E-state index in [1.165, 1.54) is 11.3 Å². The van der Waals surface area contributed by atoms with E-state index in [1.54, 1.807) is 0 Å². The first kappa shape index (κ1) is 14.7. The fourth-order valence-corrected chi connectivity index (χ4v) is 3.29. The van der Waals surface area contributed by atoms with Gasteiger partial charge < -0.3 is 10.2 Å². The Bertz CT molecular complexity index is 395. The predicted octanol–water partition coefficient (Wildman–Crippen LogP) is 2.77. The average molecular weight is 279 g/mol. The van der Waals surface area contributed by atoms with Gasteiger partial charge in [0.2, 0.25) is 0 Å². The highest BCUT2D eigenvalue weighted by Gasteiger charge is 2.17. The molecule has 4 heteroatoms. The molecule has 0 amide bonds. The maximum absolute atomic E-state index is 4.53. The van der Waals surface area contributed by atoms with Crippen LogP contribution in [0.2, 0.25) is 0 Å². The first-order valence-corrected chi connectivity index (χ1v) is 8.22. The van der Waals surface area contributed by atoms with Crippen LogP contribution < -0.4 is 10.2 Å². The van der Waals surface area contributed by atoms with Gasteiger partial charge in [0.15, 0.2) is 0 Å². The Labute approximate surface area is 121 Å². The van der Waals surface area contributed by atoms with E-state index in [0.29, 0.717) is 11.2 Å². The Morgan fingerprint density at radius 3 is 3.11 bits per heavy atom. The molecule has 0 spiro atoms. The molecule has 106 valence electrons. The summed E-state index contributed by atoms with van der Waals surface area (Å²) in [6.45, 7) is 11.0. The van der Waals surface area contributed by atoms with Crippen molar-refractivity contribution in [2.75, 3.05) is 30.3 Å². The zero-order valence-corrected chi connectivity index (χ0v) is 13.0. The summed E-state index contributed by atoms with van der Waals surface area (Å²) in [7, 11) is 0. The topological polar surface area (TPSA) is 28.2 Å². The predicted molar refractivity (Wildman–Crippen MR) is 84.9 cm³/mol. The first-order valence-electron chi connectivity index (χ1n) is 7.17. The van der Waals surface area contributed by atoms with Gasteiger partial charge >= 0.3 is 0 Å². The number of nitrogens with one attached hydrogen (secondary N) is 1. The van der Waals surface area contributed by atoms with Crippen molar-refractivity contribution in [3.05, 3.63) is 23.9 Å². The molecule has 1 aliphatic heterocycles. The lowest BCUT2D eigenvalue weighted by atomic mass is 10.2. The zero-order valence-electron chi connectivity index (χ0n) is 12.2. The van der Waals surface area contributed by atoms with E-state index >= 15 is 0 Å². The molecule has 0 bridgehead atoms. The fourth-order valence-electron chi connectivity index (χ4n) is 2.28. The van der Waals surface area contributed by atoms with E-state index in [0.717, 1.165) is 32.0 Å². The molecular weight excluding hydrogens is 254 g/mol. The molecule has 1 aliphatic rings. The number of rotatable bonds is 5. The molecule has 0 saturated carbocycles. The van der Waals surface area contributed by atoms with E-state index < -0.39 is 0 Å². The van der Waals surface area contributed by atoms with Crippen molar-refractivity contribution in [1.82, 2.24) is 10.3 Å². The quantitative estimate of drug-likeness (QED) is 0.897. The van der Waals surface area contributed by atoms with Gasteiger partial charge in [-0.3, -0.25) is 0 Å². The minimum Gasteiger partial charge on any atom is -0.355 e. The van der Waals surface area contributed by atoms with Crippen LogP contribution in [0.25, 0.3) is 0 Å². The van der Waals surface area contributed by atoms with Gasteiger partial charge in [-0.25, -0.2) is 4.98 Å². The number of pyridine rings is 1. The Kier molecular flexibility index (Phi) is 5.52. The fraction of sp³-hybridized carbons (Fsp3) is 0.667. The average Bonchev–Trinajstić information content (AvgIpc) is 2.39. The van der Waals surface area contributed by atoms with Crippen LogP contribution in [0, 0.1) is 5.92 Å². The third kappa shape index (κ3) is 4.69. The second-order valence-corrected chi connectivity index (χ2v) is 7.22. The Balaban J connectivity index is 1.94. The molecule has 2 rings (SSSR count). The monoisotopic (exact) mass is 279 g/mol. The molecule has 0 aromatic carbocycles. The second-order valence-electron chi connectivity index (χ2n) is 5.67. The van der Waals surface area contributed by atoms with Crippen LogP contribution in [-0.2, 0) is 6.54 Å². The third-order valence-corrected chi connectivity index (χ3v) is 4.39. The second kappa shape index (κ2) is 7.15. The standard InChI is InChI=1S/C15H25N3S/c1-12(2)9-16-10-14-4-5-17-15(8-14)18-6-7-19-13(3)11-18/h4-5,8,12-13,16H,6-7,9-11H2,1-3H3. The summed E-state index contributed by atoms with van der Waals surface area (Å²) < 4.78 is 0. The normalized spacial score (nSPS) is 20.0. The van der Waals surface area contributed by atoms with Gasteiger partial charge in [-0.05, 0) is 30.2 Å². The van der Waals surface area contributed by atoms with Gasteiger partial charge in [0.05, 0.1) is 0 Å². The molecule has 3 nitrogen and oxygen atoms in total. The molecule has 1 fully saturated rings. The Morgan fingerprint density at radius 1 is 1.53 bits per heavy atom. The number of hydrogen-bond donors (Lipinski definition) is 1. The summed E-state index contributed by atoms with van der Waals surface area (Å²) in [5.41, 5.74) is 1.33. The molecular formula is C15H25N3S. The maximum Gasteiger partial charge on any atom is 0.128 e. The smallest absolute Gasteiger partial charge is 0.128 e. The van der Waals surface area contributed by atoms with Crippen molar-refractivity contribution in [3.63, 3.8) is 0 Å². The van der Waals surface area contributed by atoms with E-state index in [4.69, 9.17) is 0 Å². The number of aromatic nitrogens is 1. The van der Waals surface area contributed by atoms with Gasteiger partial charge in [0.25, 0.3) is 0 Å². The molecule has 1 saturated heterocycles. The molecule has 1 atom stereocenters. The van der Waals surface area contributed by atoms with Crippen LogP contribution in [0.1, 0.15) is 26.3 Å². The number of hydrogen-bond acceptors (Lipinski definition) is 4. The highest BCUT2D eigenvalue weighted by molar-refractivity contribution is 8.00. The summed E-state index contributed by atoms with van der Waals surface area (Å²) in [6, 6.07) is 4.34. The zero-order chi connectivity index (χ0) is 13.7. The molecule has 1 unspecified atom stereocenters. The van der Waals surface area contributed by atoms with Crippen molar-refractivity contribution in [2.45, 2.75) is 32.6 Å². The summed E-state index contributed by atoms with van der Waals surface area (Å²) in [5, 5.41) is 4.20. The van der Waals surface area contributed by atoms with Gasteiger partial charge in [-0.15, -0.1) is 0 Å². The number of thioether (sulfide) groups is 1. The SMILES string of the molecule is CC(C)CNCc1ccnc(N2CCSC(C)C2)c1. The lowest BCUT2D eigenvalue weighted by Crippen LogP contribution is -2.37. The van der Waals surface area contributed by atoms with Gasteiger partial charge in [0, 0.05) is 36.8 Å². The molecule has 19 heavy (non-hydrogen) atoms. The van der Waals surface area contributed by atoms with Crippen LogP contribution in [0.15, 0.2) is 18.3 Å². The third-order valence-electron chi connectivity index (χ3n) is 3.26. The van der Waals surface area contributed by atoms with E-state index in [1.807, 2.05) is 6.20 Å². The van der Waals surface area contributed by atoms with Crippen LogP contribution in [0.4, 0.5) is 5.82 Å². The van der Waals surface area contributed by atoms with Crippen molar-refractivity contribution in [2.24, 2.45) is 5.92 Å². The first-order chi connectivity index (χ1) is 9.15. The highest BCUT2D eigenvalue weighted by Crippen LogP contribution is 2.22. The van der Waals surface area contributed by atoms with E-state index in [2.05, 4.69) is 59.9 Å². The van der Waals surface area contributed by atoms with Crippen molar-refractivity contribution in [3.8, 4) is 0 Å². The van der Waals surface area contributed by atoms with E-state index in [9.17, 15) is 0 Å². The van der Waals surface area contributed by atoms with Crippen LogP contribution in [0.3, 0.4) is 0 Å². The van der Waals surface area contributed by atoms with Crippen molar-refractivity contribution < 1.29 is 0 Å². The minimum absolute atomic E-state index is 0.696. The van der Waals surface area contributed by atoms with Gasteiger partial charge in [-0.1, -0.05) is 20.8 Å². The summed E-state index contributed by atoms with van der Waals surface area (Å²) >= 11 is 2.06. The van der Waals surface area contributed by atoms with Crippen LogP contribution in [-0.4, -0.2) is 35.6 Å². The number of anilines is 1. The maximum atomic E-state index is 4.53. The molecule has 1 N–H and O–H groups in total. The molecule has 0 aliphatic carbocycles. The van der Waals surface area contributed by atoms with Crippen molar-refractivity contribution in [1.29, 1.82) is 0 Å². The van der Waals surface area contributed by atoms with Crippen LogP contribution in [0.5, 0.6) is 0 Å². The molecule has 2 heterocycles. The summed E-state index contributed by atoms with van der Waals surface area (Å²) in [6.07, 6.45) is 1.94. The lowest BCUT2D eigenvalue weighted by Gasteiger charge is -2.31. The van der Waals surface area contributed by atoms with Gasteiger partial charge in [0.1, 0.15) is 5.82 Å². The van der Waals surface area contributed by atoms with E-state index in [-0.39, 0.29) is 0 Å². The Morgan fingerprint density at radius 2 is 2.37 bits per heavy atom. The van der Waals surface area contributed by atoms with Gasteiger partial charge in [-0.2, -0.15) is 11.8 Å². The summed E-state index contributed by atoms with van der Waals surface area (Å²) in [4.78, 5) is 6.94. The molecule has 1 aromatic heterocycles. The highest BCUT2D eigenvalue weighted by atomic mass is 32.2. The largest absolute Gasteiger partial charge is 0.355 e. The minimum atomic E-state index is 0.696. The lowest BCUT2D eigenvalue weighted by molar-refractivity contribution is 0.552. The molecule has 1 aromatic rings. The van der Waals surface area contributed by atoms with Crippen molar-refractivity contribution >= 4 is 17.6 Å².